The lowest BCUT2D eigenvalue weighted by Gasteiger charge is -2.12. The van der Waals surface area contributed by atoms with E-state index in [9.17, 15) is 9.59 Å². The molecule has 3 aromatic rings. The number of carbonyl (C=O) groups is 2. The zero-order valence-electron chi connectivity index (χ0n) is 15.6. The van der Waals surface area contributed by atoms with Crippen LogP contribution in [0, 0.1) is 0 Å². The number of anilines is 1. The lowest BCUT2D eigenvalue weighted by atomic mass is 10.2. The highest BCUT2D eigenvalue weighted by Gasteiger charge is 2.12. The molecule has 0 aromatic heterocycles. The summed E-state index contributed by atoms with van der Waals surface area (Å²) in [5, 5.41) is 14.6. The number of aromatic carboxylic acids is 1. The van der Waals surface area contributed by atoms with Crippen molar-refractivity contribution in [3.63, 3.8) is 0 Å². The molecule has 30 heavy (non-hydrogen) atoms. The molecular formula is C22H17ClN2O4S. The first-order valence-electron chi connectivity index (χ1n) is 8.84. The Hall–Kier alpha value is -3.42. The van der Waals surface area contributed by atoms with Crippen LogP contribution in [0.15, 0.2) is 72.8 Å². The first kappa shape index (κ1) is 21.3. The molecule has 0 atom stereocenters. The minimum Gasteiger partial charge on any atom is -0.489 e. The molecule has 152 valence electrons. The van der Waals surface area contributed by atoms with E-state index in [1.54, 1.807) is 24.3 Å². The second kappa shape index (κ2) is 9.87. The van der Waals surface area contributed by atoms with E-state index in [0.717, 1.165) is 5.56 Å². The molecule has 0 aliphatic carbocycles. The van der Waals surface area contributed by atoms with E-state index < -0.39 is 11.9 Å². The van der Waals surface area contributed by atoms with Gasteiger partial charge in [-0.15, -0.1) is 0 Å². The predicted octanol–water partition coefficient (Wildman–Crippen LogP) is 4.74. The van der Waals surface area contributed by atoms with Gasteiger partial charge in [-0.1, -0.05) is 41.9 Å². The summed E-state index contributed by atoms with van der Waals surface area (Å²) < 4.78 is 5.70. The van der Waals surface area contributed by atoms with E-state index in [1.807, 2.05) is 30.3 Å². The lowest BCUT2D eigenvalue weighted by molar-refractivity contribution is 0.0696. The van der Waals surface area contributed by atoms with Crippen molar-refractivity contribution < 1.29 is 19.4 Å². The summed E-state index contributed by atoms with van der Waals surface area (Å²) >= 11 is 11.2. The third kappa shape index (κ3) is 5.79. The topological polar surface area (TPSA) is 87.7 Å². The predicted molar refractivity (Wildman–Crippen MR) is 119 cm³/mol. The fourth-order valence-corrected chi connectivity index (χ4v) is 2.89. The highest BCUT2D eigenvalue weighted by molar-refractivity contribution is 7.80. The van der Waals surface area contributed by atoms with Gasteiger partial charge in [0.2, 0.25) is 0 Å². The van der Waals surface area contributed by atoms with Crippen molar-refractivity contribution in [2.45, 2.75) is 6.61 Å². The third-order valence-corrected chi connectivity index (χ3v) is 4.59. The minimum absolute atomic E-state index is 0.00570. The SMILES string of the molecule is O=C(O)c1ccc(Cl)c(NC(=S)NC(=O)c2ccc(OCc3ccccc3)cc2)c1. The zero-order valence-corrected chi connectivity index (χ0v) is 17.2. The Morgan fingerprint density at radius 2 is 1.63 bits per heavy atom. The van der Waals surface area contributed by atoms with Gasteiger partial charge in [-0.2, -0.15) is 0 Å². The third-order valence-electron chi connectivity index (χ3n) is 4.05. The second-order valence-corrected chi connectivity index (χ2v) is 7.02. The van der Waals surface area contributed by atoms with Crippen LogP contribution in [0.25, 0.3) is 0 Å². The van der Waals surface area contributed by atoms with Crippen LogP contribution < -0.4 is 15.4 Å². The standard InChI is InChI=1S/C22H17ClN2O4S/c23-18-11-8-16(21(27)28)12-19(18)24-22(30)25-20(26)15-6-9-17(10-7-15)29-13-14-4-2-1-3-5-14/h1-12H,13H2,(H,27,28)(H2,24,25,26,30). The Balaban J connectivity index is 1.57. The van der Waals surface area contributed by atoms with Crippen LogP contribution >= 0.6 is 23.8 Å². The zero-order chi connectivity index (χ0) is 21.5. The number of carboxylic acid groups (broad SMARTS) is 1. The molecular weight excluding hydrogens is 424 g/mol. The van der Waals surface area contributed by atoms with Gasteiger partial charge in [-0.25, -0.2) is 4.79 Å². The van der Waals surface area contributed by atoms with Crippen LogP contribution in [-0.2, 0) is 6.61 Å². The quantitative estimate of drug-likeness (QED) is 0.480. The number of thiocarbonyl (C=S) groups is 1. The number of hydrogen-bond acceptors (Lipinski definition) is 4. The molecule has 3 rings (SSSR count). The van der Waals surface area contributed by atoms with Crippen molar-refractivity contribution in [2.24, 2.45) is 0 Å². The molecule has 0 unspecified atom stereocenters. The fourth-order valence-electron chi connectivity index (χ4n) is 2.53. The van der Waals surface area contributed by atoms with Gasteiger partial charge in [0.25, 0.3) is 5.91 Å². The van der Waals surface area contributed by atoms with Gasteiger partial charge in [0.15, 0.2) is 5.11 Å². The Bertz CT molecular complexity index is 1070. The van der Waals surface area contributed by atoms with Gasteiger partial charge in [0, 0.05) is 5.56 Å². The number of hydrogen-bond donors (Lipinski definition) is 3. The van der Waals surface area contributed by atoms with E-state index in [1.165, 1.54) is 18.2 Å². The van der Waals surface area contributed by atoms with Crippen molar-refractivity contribution in [3.05, 3.63) is 94.5 Å². The summed E-state index contributed by atoms with van der Waals surface area (Å²) in [6.07, 6.45) is 0. The highest BCUT2D eigenvalue weighted by atomic mass is 35.5. The molecule has 3 N–H and O–H groups in total. The Morgan fingerprint density at radius 1 is 0.967 bits per heavy atom. The van der Waals surface area contributed by atoms with Crippen molar-refractivity contribution in [1.82, 2.24) is 5.32 Å². The summed E-state index contributed by atoms with van der Waals surface area (Å²) in [6.45, 7) is 0.427. The molecule has 0 aliphatic heterocycles. The summed E-state index contributed by atoms with van der Waals surface area (Å²) in [7, 11) is 0. The number of benzene rings is 3. The lowest BCUT2D eigenvalue weighted by Crippen LogP contribution is -2.34. The van der Waals surface area contributed by atoms with Crippen LogP contribution in [-0.4, -0.2) is 22.1 Å². The average molecular weight is 441 g/mol. The number of carboxylic acids is 1. The van der Waals surface area contributed by atoms with Crippen molar-refractivity contribution >= 4 is 46.5 Å². The van der Waals surface area contributed by atoms with Gasteiger partial charge in [-0.3, -0.25) is 10.1 Å². The molecule has 6 nitrogen and oxygen atoms in total. The maximum absolute atomic E-state index is 12.4. The Labute approximate surface area is 183 Å². The molecule has 1 amide bonds. The summed E-state index contributed by atoms with van der Waals surface area (Å²) in [4.78, 5) is 23.5. The van der Waals surface area contributed by atoms with Gasteiger partial charge in [0.1, 0.15) is 12.4 Å². The van der Waals surface area contributed by atoms with Crippen LogP contribution in [0.5, 0.6) is 5.75 Å². The van der Waals surface area contributed by atoms with E-state index in [-0.39, 0.29) is 21.4 Å². The summed E-state index contributed by atoms with van der Waals surface area (Å²) in [6, 6.07) is 20.5. The molecule has 8 heteroatoms. The monoisotopic (exact) mass is 440 g/mol. The van der Waals surface area contributed by atoms with Crippen LogP contribution in [0.3, 0.4) is 0 Å². The fraction of sp³-hybridized carbons (Fsp3) is 0.0455. The summed E-state index contributed by atoms with van der Waals surface area (Å²) in [5.74, 6) is -0.889. The second-order valence-electron chi connectivity index (χ2n) is 6.21. The molecule has 0 saturated heterocycles. The van der Waals surface area contributed by atoms with Crippen LogP contribution in [0.4, 0.5) is 5.69 Å². The molecule has 0 saturated carbocycles. The molecule has 0 fully saturated rings. The number of amides is 1. The maximum Gasteiger partial charge on any atom is 0.335 e. The van der Waals surface area contributed by atoms with Crippen LogP contribution in [0.2, 0.25) is 5.02 Å². The average Bonchev–Trinajstić information content (AvgIpc) is 2.74. The molecule has 0 bridgehead atoms. The first-order chi connectivity index (χ1) is 14.4. The van der Waals surface area contributed by atoms with Gasteiger partial charge in [-0.05, 0) is 60.2 Å². The summed E-state index contributed by atoms with van der Waals surface area (Å²) in [5.41, 5.74) is 1.76. The largest absolute Gasteiger partial charge is 0.489 e. The molecule has 0 aliphatic rings. The molecule has 0 spiro atoms. The van der Waals surface area contributed by atoms with Crippen molar-refractivity contribution in [3.8, 4) is 5.75 Å². The van der Waals surface area contributed by atoms with E-state index in [0.29, 0.717) is 17.9 Å². The smallest absolute Gasteiger partial charge is 0.335 e. The van der Waals surface area contributed by atoms with Gasteiger partial charge < -0.3 is 15.2 Å². The van der Waals surface area contributed by atoms with Gasteiger partial charge in [0.05, 0.1) is 16.3 Å². The molecule has 0 radical (unpaired) electrons. The number of halogens is 1. The van der Waals surface area contributed by atoms with Gasteiger partial charge >= 0.3 is 5.97 Å². The van der Waals surface area contributed by atoms with Crippen LogP contribution in [0.1, 0.15) is 26.3 Å². The number of rotatable bonds is 6. The first-order valence-corrected chi connectivity index (χ1v) is 9.63. The van der Waals surface area contributed by atoms with E-state index >= 15 is 0 Å². The normalized spacial score (nSPS) is 10.2. The Kier molecular flexibility index (Phi) is 7.00. The number of carbonyl (C=O) groups excluding carboxylic acids is 1. The number of nitrogens with one attached hydrogen (secondary N) is 2. The molecule has 3 aromatic carbocycles. The minimum atomic E-state index is -1.10. The van der Waals surface area contributed by atoms with E-state index in [2.05, 4.69) is 10.6 Å². The van der Waals surface area contributed by atoms with Crippen molar-refractivity contribution in [1.29, 1.82) is 0 Å². The Morgan fingerprint density at radius 3 is 2.30 bits per heavy atom. The maximum atomic E-state index is 12.4. The highest BCUT2D eigenvalue weighted by Crippen LogP contribution is 2.23. The number of ether oxygens (including phenoxy) is 1. The van der Waals surface area contributed by atoms with Crippen molar-refractivity contribution in [2.75, 3.05) is 5.32 Å². The van der Waals surface area contributed by atoms with E-state index in [4.69, 9.17) is 33.7 Å². The molecule has 0 heterocycles.